The molecule has 0 radical (unpaired) electrons. The van der Waals surface area contributed by atoms with Gasteiger partial charge < -0.3 is 5.73 Å². The maximum absolute atomic E-state index is 6.50. The van der Waals surface area contributed by atoms with Crippen LogP contribution in [0.2, 0.25) is 0 Å². The fraction of sp³-hybridized carbons (Fsp3) is 1.00. The van der Waals surface area contributed by atoms with Crippen molar-refractivity contribution in [2.24, 2.45) is 23.0 Å². The average molecular weight is 293 g/mol. The number of hydrogen-bond acceptors (Lipinski definition) is 2. The summed E-state index contributed by atoms with van der Waals surface area (Å²) >= 11 is 0. The van der Waals surface area contributed by atoms with Gasteiger partial charge >= 0.3 is 0 Å². The molecule has 122 valence electrons. The third kappa shape index (κ3) is 3.47. The van der Waals surface area contributed by atoms with Gasteiger partial charge in [-0.1, -0.05) is 33.1 Å². The molecule has 3 atom stereocenters. The molecule has 2 saturated carbocycles. The summed E-state index contributed by atoms with van der Waals surface area (Å²) in [5, 5.41) is 0. The number of nitrogens with two attached hydrogens (primary N) is 1. The number of nitrogens with zero attached hydrogens (tertiary/aromatic N) is 1. The molecule has 2 heteroatoms. The molecule has 1 heterocycles. The Morgan fingerprint density at radius 3 is 2.24 bits per heavy atom. The van der Waals surface area contributed by atoms with Gasteiger partial charge in [-0.3, -0.25) is 4.90 Å². The van der Waals surface area contributed by atoms with Gasteiger partial charge in [-0.2, -0.15) is 0 Å². The zero-order valence-electron chi connectivity index (χ0n) is 14.3. The predicted octanol–water partition coefficient (Wildman–Crippen LogP) is 4.18. The van der Waals surface area contributed by atoms with Gasteiger partial charge in [0, 0.05) is 12.1 Å². The summed E-state index contributed by atoms with van der Waals surface area (Å²) in [5.41, 5.74) is 7.23. The van der Waals surface area contributed by atoms with Gasteiger partial charge in [-0.05, 0) is 75.3 Å². The topological polar surface area (TPSA) is 29.3 Å². The van der Waals surface area contributed by atoms with Crippen LogP contribution in [0.25, 0.3) is 0 Å². The smallest absolute Gasteiger partial charge is 0.0249 e. The predicted molar refractivity (Wildman–Crippen MR) is 90.3 cm³/mol. The Morgan fingerprint density at radius 2 is 1.62 bits per heavy atom. The zero-order valence-corrected chi connectivity index (χ0v) is 14.3. The maximum Gasteiger partial charge on any atom is 0.0249 e. The van der Waals surface area contributed by atoms with Crippen LogP contribution in [0.3, 0.4) is 0 Å². The van der Waals surface area contributed by atoms with Crippen LogP contribution in [-0.4, -0.2) is 30.1 Å². The molecule has 3 rings (SSSR count). The van der Waals surface area contributed by atoms with E-state index in [-0.39, 0.29) is 0 Å². The highest BCUT2D eigenvalue weighted by molar-refractivity contribution is 4.95. The van der Waals surface area contributed by atoms with E-state index in [9.17, 15) is 0 Å². The minimum atomic E-state index is 0.431. The lowest BCUT2D eigenvalue weighted by atomic mass is 9.67. The van der Waals surface area contributed by atoms with E-state index < -0.39 is 0 Å². The van der Waals surface area contributed by atoms with E-state index in [0.717, 1.165) is 17.3 Å². The van der Waals surface area contributed by atoms with Crippen LogP contribution in [-0.2, 0) is 0 Å². The molecule has 1 spiro atoms. The molecule has 0 aromatic rings. The third-order valence-corrected chi connectivity index (χ3v) is 7.09. The first-order chi connectivity index (χ1) is 10.1. The second kappa shape index (κ2) is 6.58. The monoisotopic (exact) mass is 292 g/mol. The average Bonchev–Trinajstić information content (AvgIpc) is 2.49. The Kier molecular flexibility index (Phi) is 4.95. The molecule has 0 aromatic carbocycles. The molecule has 0 amide bonds. The summed E-state index contributed by atoms with van der Waals surface area (Å²) in [5.74, 6) is 1.73. The van der Waals surface area contributed by atoms with Crippen molar-refractivity contribution in [2.75, 3.05) is 13.1 Å². The molecule has 0 aromatic heterocycles. The Bertz CT molecular complexity index is 322. The van der Waals surface area contributed by atoms with E-state index in [2.05, 4.69) is 18.7 Å². The lowest BCUT2D eigenvalue weighted by Crippen LogP contribution is -2.55. The summed E-state index contributed by atoms with van der Waals surface area (Å²) < 4.78 is 0. The van der Waals surface area contributed by atoms with Crippen LogP contribution >= 0.6 is 0 Å². The molecule has 2 nitrogen and oxygen atoms in total. The van der Waals surface area contributed by atoms with Crippen molar-refractivity contribution in [3.63, 3.8) is 0 Å². The van der Waals surface area contributed by atoms with E-state index in [1.165, 1.54) is 77.3 Å². The largest absolute Gasteiger partial charge is 0.326 e. The Balaban J connectivity index is 1.57. The Morgan fingerprint density at radius 1 is 0.952 bits per heavy atom. The Hall–Kier alpha value is -0.0800. The molecule has 3 aliphatic rings. The summed E-state index contributed by atoms with van der Waals surface area (Å²) in [6.07, 6.45) is 14.3. The number of piperidine rings is 1. The minimum Gasteiger partial charge on any atom is -0.326 e. The van der Waals surface area contributed by atoms with Crippen molar-refractivity contribution in [2.45, 2.75) is 90.1 Å². The molecule has 21 heavy (non-hydrogen) atoms. The highest BCUT2D eigenvalue weighted by atomic mass is 15.2. The molecule has 1 saturated heterocycles. The first-order valence-corrected chi connectivity index (χ1v) is 9.59. The molecule has 2 N–H and O–H groups in total. The van der Waals surface area contributed by atoms with E-state index in [0.29, 0.717) is 12.1 Å². The highest BCUT2D eigenvalue weighted by Crippen LogP contribution is 2.45. The molecular formula is C19H36N2. The van der Waals surface area contributed by atoms with Crippen LogP contribution in [0.1, 0.15) is 78.1 Å². The molecule has 3 fully saturated rings. The number of likely N-dealkylation sites (tertiary alicyclic amines) is 1. The standard InChI is InChI=1S/C19H36N2/c1-15(2)16-6-7-17(20)18(14-16)21-12-10-19(11-13-21)8-4-3-5-9-19/h15-18H,3-14,20H2,1-2H3. The van der Waals surface area contributed by atoms with Gasteiger partial charge in [0.15, 0.2) is 0 Å². The van der Waals surface area contributed by atoms with E-state index in [1.54, 1.807) is 0 Å². The fourth-order valence-corrected chi connectivity index (χ4v) is 5.36. The van der Waals surface area contributed by atoms with Gasteiger partial charge in [-0.15, -0.1) is 0 Å². The van der Waals surface area contributed by atoms with Gasteiger partial charge in [0.25, 0.3) is 0 Å². The second-order valence-corrected chi connectivity index (χ2v) is 8.64. The van der Waals surface area contributed by atoms with Gasteiger partial charge in [0.2, 0.25) is 0 Å². The van der Waals surface area contributed by atoms with Crippen LogP contribution < -0.4 is 5.73 Å². The van der Waals surface area contributed by atoms with Crippen LogP contribution in [0, 0.1) is 17.3 Å². The molecule has 0 bridgehead atoms. The second-order valence-electron chi connectivity index (χ2n) is 8.64. The summed E-state index contributed by atoms with van der Waals surface area (Å²) in [6.45, 7) is 7.43. The third-order valence-electron chi connectivity index (χ3n) is 7.09. The van der Waals surface area contributed by atoms with Crippen LogP contribution in [0.5, 0.6) is 0 Å². The van der Waals surface area contributed by atoms with Gasteiger partial charge in [-0.25, -0.2) is 0 Å². The van der Waals surface area contributed by atoms with Gasteiger partial charge in [0.05, 0.1) is 0 Å². The lowest BCUT2D eigenvalue weighted by Gasteiger charge is -2.49. The number of rotatable bonds is 2. The molecular weight excluding hydrogens is 256 g/mol. The molecule has 2 aliphatic carbocycles. The quantitative estimate of drug-likeness (QED) is 0.827. The minimum absolute atomic E-state index is 0.431. The van der Waals surface area contributed by atoms with Crippen molar-refractivity contribution in [3.8, 4) is 0 Å². The van der Waals surface area contributed by atoms with Crippen molar-refractivity contribution in [3.05, 3.63) is 0 Å². The van der Waals surface area contributed by atoms with Crippen LogP contribution in [0.15, 0.2) is 0 Å². The highest BCUT2D eigenvalue weighted by Gasteiger charge is 2.40. The summed E-state index contributed by atoms with van der Waals surface area (Å²) in [7, 11) is 0. The van der Waals surface area contributed by atoms with E-state index in [4.69, 9.17) is 5.73 Å². The normalized spacial score (nSPS) is 38.0. The van der Waals surface area contributed by atoms with Gasteiger partial charge in [0.1, 0.15) is 0 Å². The van der Waals surface area contributed by atoms with Crippen LogP contribution in [0.4, 0.5) is 0 Å². The van der Waals surface area contributed by atoms with Crippen molar-refractivity contribution in [1.29, 1.82) is 0 Å². The fourth-order valence-electron chi connectivity index (χ4n) is 5.36. The number of hydrogen-bond donors (Lipinski definition) is 1. The summed E-state index contributed by atoms with van der Waals surface area (Å²) in [4.78, 5) is 2.78. The first kappa shape index (κ1) is 15.8. The van der Waals surface area contributed by atoms with E-state index >= 15 is 0 Å². The van der Waals surface area contributed by atoms with Crippen molar-refractivity contribution in [1.82, 2.24) is 4.90 Å². The molecule has 3 unspecified atom stereocenters. The maximum atomic E-state index is 6.50. The summed E-state index contributed by atoms with van der Waals surface area (Å²) in [6, 6.07) is 1.10. The molecule has 1 aliphatic heterocycles. The Labute approximate surface area is 131 Å². The van der Waals surface area contributed by atoms with E-state index in [1.807, 2.05) is 0 Å². The van der Waals surface area contributed by atoms with Crippen molar-refractivity contribution < 1.29 is 0 Å². The lowest BCUT2D eigenvalue weighted by molar-refractivity contribution is 0.0173. The first-order valence-electron chi connectivity index (χ1n) is 9.59. The zero-order chi connectivity index (χ0) is 14.9. The SMILES string of the molecule is CC(C)C1CCC(N)C(N2CCC3(CCCCC3)CC2)C1. The van der Waals surface area contributed by atoms with Crippen molar-refractivity contribution >= 4 is 0 Å².